The van der Waals surface area contributed by atoms with E-state index in [-0.39, 0.29) is 5.91 Å². The summed E-state index contributed by atoms with van der Waals surface area (Å²) in [6.07, 6.45) is 1.20. The number of ether oxygens (including phenoxy) is 1. The van der Waals surface area contributed by atoms with E-state index in [1.54, 1.807) is 0 Å². The Labute approximate surface area is 148 Å². The summed E-state index contributed by atoms with van der Waals surface area (Å²) < 4.78 is 5.38. The van der Waals surface area contributed by atoms with Crippen molar-refractivity contribution in [2.24, 2.45) is 0 Å². The molecule has 1 aliphatic heterocycles. The zero-order chi connectivity index (χ0) is 17.5. The highest BCUT2D eigenvalue weighted by atomic mass is 16.5. The third kappa shape index (κ3) is 5.26. The molecule has 6 heteroatoms. The molecule has 1 amide bonds. The standard InChI is InChI=1S/C19H24N4O2/c1-15-13-18(23-9-11-25-12-10-23)22-17(21-15)14-20-19(24)8-7-16-5-3-2-4-6-16/h2-6,13H,7-12,14H2,1H3,(H,20,24). The van der Waals surface area contributed by atoms with Gasteiger partial charge in [0.1, 0.15) is 11.6 Å². The molecule has 0 aliphatic carbocycles. The van der Waals surface area contributed by atoms with E-state index in [0.29, 0.717) is 32.0 Å². The van der Waals surface area contributed by atoms with Gasteiger partial charge in [-0.05, 0) is 18.9 Å². The Morgan fingerprint density at radius 1 is 1.20 bits per heavy atom. The van der Waals surface area contributed by atoms with E-state index in [1.807, 2.05) is 43.3 Å². The highest BCUT2D eigenvalue weighted by molar-refractivity contribution is 5.76. The maximum Gasteiger partial charge on any atom is 0.220 e. The molecule has 132 valence electrons. The number of nitrogens with zero attached hydrogens (tertiary/aromatic N) is 3. The molecule has 6 nitrogen and oxygen atoms in total. The topological polar surface area (TPSA) is 67.3 Å². The van der Waals surface area contributed by atoms with E-state index in [4.69, 9.17) is 4.74 Å². The minimum absolute atomic E-state index is 0.0156. The van der Waals surface area contributed by atoms with E-state index in [0.717, 1.165) is 31.0 Å². The Morgan fingerprint density at radius 2 is 1.96 bits per heavy atom. The Morgan fingerprint density at radius 3 is 2.72 bits per heavy atom. The van der Waals surface area contributed by atoms with Gasteiger partial charge in [-0.2, -0.15) is 0 Å². The Hall–Kier alpha value is -2.47. The number of rotatable bonds is 6. The summed E-state index contributed by atoms with van der Waals surface area (Å²) in [6.45, 7) is 5.40. The quantitative estimate of drug-likeness (QED) is 0.869. The molecule has 1 aromatic heterocycles. The molecule has 1 saturated heterocycles. The summed E-state index contributed by atoms with van der Waals surface area (Å²) in [5.41, 5.74) is 2.07. The number of morpholine rings is 1. The number of aromatic nitrogens is 2. The number of anilines is 1. The van der Waals surface area contributed by atoms with Crippen LogP contribution in [-0.2, 0) is 22.5 Å². The molecular formula is C19H24N4O2. The molecular weight excluding hydrogens is 316 g/mol. The Bertz CT molecular complexity index is 700. The highest BCUT2D eigenvalue weighted by Crippen LogP contribution is 2.14. The molecule has 25 heavy (non-hydrogen) atoms. The molecule has 0 bridgehead atoms. The van der Waals surface area contributed by atoms with Crippen LogP contribution in [0.3, 0.4) is 0 Å². The smallest absolute Gasteiger partial charge is 0.220 e. The second-order valence-corrected chi connectivity index (χ2v) is 6.15. The van der Waals surface area contributed by atoms with Crippen LogP contribution < -0.4 is 10.2 Å². The first-order valence-electron chi connectivity index (χ1n) is 8.68. The van der Waals surface area contributed by atoms with Crippen molar-refractivity contribution in [1.82, 2.24) is 15.3 Å². The number of nitrogens with one attached hydrogen (secondary N) is 1. The lowest BCUT2D eigenvalue weighted by molar-refractivity contribution is -0.121. The van der Waals surface area contributed by atoms with Gasteiger partial charge in [0, 0.05) is 31.3 Å². The minimum Gasteiger partial charge on any atom is -0.378 e. The summed E-state index contributed by atoms with van der Waals surface area (Å²) in [5, 5.41) is 2.92. The molecule has 0 saturated carbocycles. The first-order valence-corrected chi connectivity index (χ1v) is 8.68. The fraction of sp³-hybridized carbons (Fsp3) is 0.421. The van der Waals surface area contributed by atoms with Gasteiger partial charge in [-0.1, -0.05) is 30.3 Å². The van der Waals surface area contributed by atoms with E-state index in [9.17, 15) is 4.79 Å². The van der Waals surface area contributed by atoms with Crippen LogP contribution in [0.4, 0.5) is 5.82 Å². The molecule has 3 rings (SSSR count). The monoisotopic (exact) mass is 340 g/mol. The zero-order valence-corrected chi connectivity index (χ0v) is 14.6. The van der Waals surface area contributed by atoms with Gasteiger partial charge in [-0.15, -0.1) is 0 Å². The fourth-order valence-corrected chi connectivity index (χ4v) is 2.81. The summed E-state index contributed by atoms with van der Waals surface area (Å²) in [5.74, 6) is 1.57. The van der Waals surface area contributed by atoms with Gasteiger partial charge in [0.2, 0.25) is 5.91 Å². The number of amides is 1. The molecule has 0 unspecified atom stereocenters. The molecule has 1 aliphatic rings. The number of carbonyl (C=O) groups excluding carboxylic acids is 1. The van der Waals surface area contributed by atoms with Crippen molar-refractivity contribution in [3.05, 3.63) is 53.5 Å². The first-order chi connectivity index (χ1) is 12.2. The van der Waals surface area contributed by atoms with E-state index in [2.05, 4.69) is 20.2 Å². The van der Waals surface area contributed by atoms with Crippen LogP contribution in [-0.4, -0.2) is 42.2 Å². The third-order valence-corrected chi connectivity index (χ3v) is 4.15. The van der Waals surface area contributed by atoms with Gasteiger partial charge < -0.3 is 15.0 Å². The second-order valence-electron chi connectivity index (χ2n) is 6.15. The van der Waals surface area contributed by atoms with Crippen molar-refractivity contribution in [3.63, 3.8) is 0 Å². The first kappa shape index (κ1) is 17.4. The minimum atomic E-state index is 0.0156. The Kier molecular flexibility index (Phi) is 5.95. The number of aryl methyl sites for hydroxylation is 2. The SMILES string of the molecule is Cc1cc(N2CCOCC2)nc(CNC(=O)CCc2ccccc2)n1. The molecule has 2 heterocycles. The average molecular weight is 340 g/mol. The Balaban J connectivity index is 1.53. The molecule has 1 N–H and O–H groups in total. The molecule has 0 radical (unpaired) electrons. The second kappa shape index (κ2) is 8.58. The largest absolute Gasteiger partial charge is 0.378 e. The number of hydrogen-bond donors (Lipinski definition) is 1. The third-order valence-electron chi connectivity index (χ3n) is 4.15. The van der Waals surface area contributed by atoms with Crippen molar-refractivity contribution in [3.8, 4) is 0 Å². The van der Waals surface area contributed by atoms with E-state index >= 15 is 0 Å². The van der Waals surface area contributed by atoms with Gasteiger partial charge in [-0.25, -0.2) is 9.97 Å². The van der Waals surface area contributed by atoms with Crippen molar-refractivity contribution >= 4 is 11.7 Å². The molecule has 2 aromatic rings. The highest BCUT2D eigenvalue weighted by Gasteiger charge is 2.14. The van der Waals surface area contributed by atoms with Crippen molar-refractivity contribution in [2.75, 3.05) is 31.2 Å². The fourth-order valence-electron chi connectivity index (χ4n) is 2.81. The average Bonchev–Trinajstić information content (AvgIpc) is 2.66. The predicted octanol–water partition coefficient (Wildman–Crippen LogP) is 1.87. The van der Waals surface area contributed by atoms with Crippen molar-refractivity contribution in [1.29, 1.82) is 0 Å². The summed E-state index contributed by atoms with van der Waals surface area (Å²) in [7, 11) is 0. The predicted molar refractivity (Wildman–Crippen MR) is 96.4 cm³/mol. The zero-order valence-electron chi connectivity index (χ0n) is 14.6. The van der Waals surface area contributed by atoms with Gasteiger partial charge in [0.25, 0.3) is 0 Å². The molecule has 1 fully saturated rings. The maximum atomic E-state index is 12.1. The van der Waals surface area contributed by atoms with Crippen molar-refractivity contribution < 1.29 is 9.53 Å². The van der Waals surface area contributed by atoms with Crippen LogP contribution in [0, 0.1) is 6.92 Å². The van der Waals surface area contributed by atoms with E-state index in [1.165, 1.54) is 5.56 Å². The molecule has 0 spiro atoms. The lowest BCUT2D eigenvalue weighted by atomic mass is 10.1. The van der Waals surface area contributed by atoms with Gasteiger partial charge >= 0.3 is 0 Å². The summed E-state index contributed by atoms with van der Waals surface area (Å²) in [4.78, 5) is 23.3. The van der Waals surface area contributed by atoms with Gasteiger partial charge in [0.05, 0.1) is 19.8 Å². The van der Waals surface area contributed by atoms with Gasteiger partial charge in [0.15, 0.2) is 0 Å². The number of benzene rings is 1. The number of hydrogen-bond acceptors (Lipinski definition) is 5. The van der Waals surface area contributed by atoms with Crippen molar-refractivity contribution in [2.45, 2.75) is 26.3 Å². The maximum absolute atomic E-state index is 12.1. The molecule has 0 atom stereocenters. The lowest BCUT2D eigenvalue weighted by Crippen LogP contribution is -2.37. The van der Waals surface area contributed by atoms with E-state index < -0.39 is 0 Å². The van der Waals surface area contributed by atoms with Crippen LogP contribution in [0.1, 0.15) is 23.5 Å². The lowest BCUT2D eigenvalue weighted by Gasteiger charge is -2.28. The van der Waals surface area contributed by atoms with Crippen LogP contribution in [0.5, 0.6) is 0 Å². The van der Waals surface area contributed by atoms with Gasteiger partial charge in [-0.3, -0.25) is 4.79 Å². The molecule has 1 aromatic carbocycles. The summed E-state index contributed by atoms with van der Waals surface area (Å²) in [6, 6.07) is 12.0. The normalized spacial score (nSPS) is 14.4. The summed E-state index contributed by atoms with van der Waals surface area (Å²) >= 11 is 0. The number of carbonyl (C=O) groups is 1. The van der Waals surface area contributed by atoms with Crippen LogP contribution >= 0.6 is 0 Å². The van der Waals surface area contributed by atoms with Crippen LogP contribution in [0.15, 0.2) is 36.4 Å². The van der Waals surface area contributed by atoms with Crippen LogP contribution in [0.2, 0.25) is 0 Å². The van der Waals surface area contributed by atoms with Crippen LogP contribution in [0.25, 0.3) is 0 Å².